The number of fused-ring (bicyclic) bond motifs is 1. The first-order valence-electron chi connectivity index (χ1n) is 7.47. The summed E-state index contributed by atoms with van der Waals surface area (Å²) < 4.78 is 6.94. The molecule has 0 spiro atoms. The molecule has 3 rings (SSSR count). The number of methoxy groups -OCH3 is 1. The molecule has 0 radical (unpaired) electrons. The summed E-state index contributed by atoms with van der Waals surface area (Å²) in [6.45, 7) is 2.55. The molecule has 0 N–H and O–H groups in total. The van der Waals surface area contributed by atoms with Crippen LogP contribution in [-0.2, 0) is 13.5 Å². The molecule has 1 aliphatic rings. The van der Waals surface area contributed by atoms with Crippen molar-refractivity contribution in [2.24, 2.45) is 7.05 Å². The van der Waals surface area contributed by atoms with E-state index < -0.39 is 0 Å². The summed E-state index contributed by atoms with van der Waals surface area (Å²) in [5.74, 6) is 0.663. The lowest BCUT2D eigenvalue weighted by molar-refractivity contribution is 0.0981. The second-order valence-corrected chi connectivity index (χ2v) is 5.56. The molecule has 116 valence electrons. The van der Waals surface area contributed by atoms with Crippen LogP contribution < -0.4 is 9.64 Å². The van der Waals surface area contributed by atoms with Crippen LogP contribution in [0.25, 0.3) is 0 Å². The van der Waals surface area contributed by atoms with Gasteiger partial charge in [-0.15, -0.1) is 5.10 Å². The molecule has 1 aromatic carbocycles. The molecule has 0 bridgehead atoms. The zero-order valence-corrected chi connectivity index (χ0v) is 13.2. The summed E-state index contributed by atoms with van der Waals surface area (Å²) in [7, 11) is 3.43. The average molecular weight is 300 g/mol. The average Bonchev–Trinajstić information content (AvgIpc) is 2.75. The first kappa shape index (κ1) is 14.6. The Morgan fingerprint density at radius 1 is 1.32 bits per heavy atom. The zero-order chi connectivity index (χ0) is 15.7. The molecule has 2 aromatic rings. The summed E-state index contributed by atoms with van der Waals surface area (Å²) in [6, 6.07) is 5.92. The van der Waals surface area contributed by atoms with Gasteiger partial charge in [0.05, 0.1) is 18.5 Å². The predicted molar refractivity (Wildman–Crippen MR) is 83.3 cm³/mol. The molecular weight excluding hydrogens is 280 g/mol. The zero-order valence-electron chi connectivity index (χ0n) is 13.2. The summed E-state index contributed by atoms with van der Waals surface area (Å²) in [5.41, 5.74) is 3.29. The number of benzene rings is 1. The van der Waals surface area contributed by atoms with Crippen molar-refractivity contribution >= 4 is 11.6 Å². The van der Waals surface area contributed by atoms with Gasteiger partial charge in [-0.05, 0) is 37.8 Å². The molecule has 1 aliphatic heterocycles. The normalized spacial score (nSPS) is 14.4. The Hall–Kier alpha value is -2.37. The number of hydrogen-bond donors (Lipinski definition) is 0. The molecule has 6 heteroatoms. The molecule has 0 fully saturated rings. The smallest absolute Gasteiger partial charge is 0.280 e. The van der Waals surface area contributed by atoms with E-state index >= 15 is 0 Å². The second-order valence-electron chi connectivity index (χ2n) is 5.56. The van der Waals surface area contributed by atoms with Gasteiger partial charge in [0.2, 0.25) is 0 Å². The van der Waals surface area contributed by atoms with E-state index in [0.717, 1.165) is 36.4 Å². The van der Waals surface area contributed by atoms with E-state index in [1.54, 1.807) is 18.8 Å². The van der Waals surface area contributed by atoms with E-state index in [9.17, 15) is 4.79 Å². The lowest BCUT2D eigenvalue weighted by atomic mass is 10.1. The first-order valence-corrected chi connectivity index (χ1v) is 7.47. The molecule has 2 heterocycles. The van der Waals surface area contributed by atoms with Crippen molar-refractivity contribution in [1.82, 2.24) is 15.0 Å². The molecule has 1 amide bonds. The number of aromatic nitrogens is 3. The predicted octanol–water partition coefficient (Wildman–Crippen LogP) is 2.12. The number of nitrogens with zero attached hydrogens (tertiary/aromatic N) is 4. The standard InChI is InChI=1S/C16H20N4O2/c1-11-15(17-18-19(11)2)16(21)20-9-5-4-6-12-7-8-13(22-3)10-14(12)20/h7-8,10H,4-6,9H2,1-3H3. The number of aryl methyl sites for hydroxylation is 2. The minimum Gasteiger partial charge on any atom is -0.497 e. The molecule has 22 heavy (non-hydrogen) atoms. The van der Waals surface area contributed by atoms with Crippen LogP contribution in [0.2, 0.25) is 0 Å². The van der Waals surface area contributed by atoms with Crippen molar-refractivity contribution in [2.45, 2.75) is 26.2 Å². The third kappa shape index (κ3) is 2.45. The van der Waals surface area contributed by atoms with Gasteiger partial charge >= 0.3 is 0 Å². The summed E-state index contributed by atoms with van der Waals surface area (Å²) in [4.78, 5) is 14.7. The molecular formula is C16H20N4O2. The van der Waals surface area contributed by atoms with E-state index in [-0.39, 0.29) is 5.91 Å². The van der Waals surface area contributed by atoms with Crippen LogP contribution in [0.5, 0.6) is 5.75 Å². The highest BCUT2D eigenvalue weighted by Crippen LogP contribution is 2.31. The van der Waals surface area contributed by atoms with Gasteiger partial charge < -0.3 is 9.64 Å². The molecule has 6 nitrogen and oxygen atoms in total. The number of anilines is 1. The highest BCUT2D eigenvalue weighted by molar-refractivity contribution is 6.06. The summed E-state index contributed by atoms with van der Waals surface area (Å²) in [6.07, 6.45) is 3.02. The van der Waals surface area contributed by atoms with Gasteiger partial charge in [-0.2, -0.15) is 0 Å². The van der Waals surface area contributed by atoms with Gasteiger partial charge in [0.25, 0.3) is 5.91 Å². The van der Waals surface area contributed by atoms with Gasteiger partial charge in [-0.1, -0.05) is 11.3 Å². The molecule has 0 unspecified atom stereocenters. The monoisotopic (exact) mass is 300 g/mol. The highest BCUT2D eigenvalue weighted by atomic mass is 16.5. The fraction of sp³-hybridized carbons (Fsp3) is 0.438. The maximum absolute atomic E-state index is 12.9. The van der Waals surface area contributed by atoms with Crippen LogP contribution in [0.4, 0.5) is 5.69 Å². The number of hydrogen-bond acceptors (Lipinski definition) is 4. The fourth-order valence-corrected chi connectivity index (χ4v) is 2.78. The Morgan fingerprint density at radius 3 is 2.82 bits per heavy atom. The summed E-state index contributed by atoms with van der Waals surface area (Å²) in [5, 5.41) is 7.97. The van der Waals surface area contributed by atoms with Crippen molar-refractivity contribution in [2.75, 3.05) is 18.6 Å². The van der Waals surface area contributed by atoms with E-state index in [1.165, 1.54) is 5.56 Å². The van der Waals surface area contributed by atoms with Crippen LogP contribution in [-0.4, -0.2) is 34.6 Å². The van der Waals surface area contributed by atoms with Crippen molar-refractivity contribution < 1.29 is 9.53 Å². The second kappa shape index (κ2) is 5.79. The van der Waals surface area contributed by atoms with Crippen molar-refractivity contribution in [1.29, 1.82) is 0 Å². The van der Waals surface area contributed by atoms with Crippen LogP contribution in [0.15, 0.2) is 18.2 Å². The van der Waals surface area contributed by atoms with Crippen LogP contribution >= 0.6 is 0 Å². The SMILES string of the molecule is COc1ccc2c(c1)N(C(=O)c1nnn(C)c1C)CCCC2. The van der Waals surface area contributed by atoms with Crippen molar-refractivity contribution in [3.63, 3.8) is 0 Å². The minimum atomic E-state index is -0.0954. The number of carbonyl (C=O) groups excluding carboxylic acids is 1. The Balaban J connectivity index is 2.04. The van der Waals surface area contributed by atoms with Gasteiger partial charge in [0.1, 0.15) is 5.75 Å². The Bertz CT molecular complexity index is 708. The molecule has 0 atom stereocenters. The van der Waals surface area contributed by atoms with E-state index in [1.807, 2.05) is 30.0 Å². The third-order valence-corrected chi connectivity index (χ3v) is 4.22. The van der Waals surface area contributed by atoms with E-state index in [0.29, 0.717) is 12.2 Å². The maximum atomic E-state index is 12.9. The molecule has 0 saturated carbocycles. The first-order chi connectivity index (χ1) is 10.6. The number of rotatable bonds is 2. The van der Waals surface area contributed by atoms with Crippen LogP contribution in [0, 0.1) is 6.92 Å². The van der Waals surface area contributed by atoms with E-state index in [4.69, 9.17) is 4.74 Å². The summed E-state index contributed by atoms with van der Waals surface area (Å²) >= 11 is 0. The molecule has 1 aromatic heterocycles. The van der Waals surface area contributed by atoms with Crippen molar-refractivity contribution in [3.8, 4) is 5.75 Å². The van der Waals surface area contributed by atoms with Crippen LogP contribution in [0.1, 0.15) is 34.6 Å². The molecule has 0 aliphatic carbocycles. The van der Waals surface area contributed by atoms with Gasteiger partial charge in [0.15, 0.2) is 5.69 Å². The Morgan fingerprint density at radius 2 is 2.14 bits per heavy atom. The third-order valence-electron chi connectivity index (χ3n) is 4.22. The minimum absolute atomic E-state index is 0.0954. The fourth-order valence-electron chi connectivity index (χ4n) is 2.78. The number of ether oxygens (including phenoxy) is 1. The quantitative estimate of drug-likeness (QED) is 0.852. The number of carbonyl (C=O) groups is 1. The highest BCUT2D eigenvalue weighted by Gasteiger charge is 2.26. The van der Waals surface area contributed by atoms with Gasteiger partial charge in [-0.25, -0.2) is 0 Å². The molecule has 0 saturated heterocycles. The van der Waals surface area contributed by atoms with Gasteiger partial charge in [-0.3, -0.25) is 9.48 Å². The van der Waals surface area contributed by atoms with Crippen LogP contribution in [0.3, 0.4) is 0 Å². The largest absolute Gasteiger partial charge is 0.497 e. The Kier molecular flexibility index (Phi) is 3.83. The Labute approximate surface area is 129 Å². The van der Waals surface area contributed by atoms with Crippen molar-refractivity contribution in [3.05, 3.63) is 35.2 Å². The number of amides is 1. The van der Waals surface area contributed by atoms with E-state index in [2.05, 4.69) is 10.3 Å². The lowest BCUT2D eigenvalue weighted by Crippen LogP contribution is -2.32. The topological polar surface area (TPSA) is 60.2 Å². The maximum Gasteiger partial charge on any atom is 0.280 e. The van der Waals surface area contributed by atoms with Gasteiger partial charge in [0, 0.05) is 19.7 Å². The lowest BCUT2D eigenvalue weighted by Gasteiger charge is -2.22.